The Balaban J connectivity index is 1.98. The summed E-state index contributed by atoms with van der Waals surface area (Å²) in [6.45, 7) is 5.91. The lowest BCUT2D eigenvalue weighted by Crippen LogP contribution is -2.42. The number of nitrogens with one attached hydrogen (secondary N) is 1. The van der Waals surface area contributed by atoms with Crippen LogP contribution in [0.15, 0.2) is 28.9 Å². The van der Waals surface area contributed by atoms with Gasteiger partial charge in [0.05, 0.1) is 25.4 Å². The van der Waals surface area contributed by atoms with Crippen molar-refractivity contribution in [3.8, 4) is 5.75 Å². The molecular weight excluding hydrogens is 338 g/mol. The SMILES string of the molecule is COc1ccc2c(CC(=O)NC(CCOC(C)(C)C)C(=O)O)coc2c1. The zero-order valence-corrected chi connectivity index (χ0v) is 15.5. The van der Waals surface area contributed by atoms with Crippen molar-refractivity contribution in [3.63, 3.8) is 0 Å². The number of carbonyl (C=O) groups excluding carboxylic acids is 1. The van der Waals surface area contributed by atoms with Gasteiger partial charge in [-0.15, -0.1) is 0 Å². The number of carboxylic acids is 1. The van der Waals surface area contributed by atoms with E-state index in [0.29, 0.717) is 16.9 Å². The van der Waals surface area contributed by atoms with Crippen LogP contribution in [0.25, 0.3) is 11.0 Å². The third kappa shape index (κ3) is 5.49. The van der Waals surface area contributed by atoms with E-state index in [1.807, 2.05) is 26.8 Å². The number of hydrogen-bond acceptors (Lipinski definition) is 5. The van der Waals surface area contributed by atoms with Gasteiger partial charge in [0, 0.05) is 30.0 Å². The molecule has 1 amide bonds. The van der Waals surface area contributed by atoms with E-state index in [-0.39, 0.29) is 31.0 Å². The molecule has 0 radical (unpaired) electrons. The number of hydrogen-bond donors (Lipinski definition) is 2. The lowest BCUT2D eigenvalue weighted by atomic mass is 10.1. The molecule has 1 aromatic heterocycles. The zero-order valence-electron chi connectivity index (χ0n) is 15.5. The Morgan fingerprint density at radius 1 is 1.31 bits per heavy atom. The molecule has 0 spiro atoms. The fourth-order valence-corrected chi connectivity index (χ4v) is 2.49. The summed E-state index contributed by atoms with van der Waals surface area (Å²) in [5.41, 5.74) is 0.944. The van der Waals surface area contributed by atoms with Crippen molar-refractivity contribution in [2.75, 3.05) is 13.7 Å². The first-order valence-electron chi connectivity index (χ1n) is 8.40. The average molecular weight is 363 g/mol. The van der Waals surface area contributed by atoms with Gasteiger partial charge in [-0.1, -0.05) is 0 Å². The lowest BCUT2D eigenvalue weighted by molar-refractivity contribution is -0.142. The van der Waals surface area contributed by atoms with Gasteiger partial charge in [0.2, 0.25) is 5.91 Å². The Labute approximate surface area is 152 Å². The number of aliphatic carboxylic acids is 1. The molecule has 0 bridgehead atoms. The fraction of sp³-hybridized carbons (Fsp3) is 0.474. The van der Waals surface area contributed by atoms with Gasteiger partial charge in [-0.25, -0.2) is 4.79 Å². The first-order chi connectivity index (χ1) is 12.2. The lowest BCUT2D eigenvalue weighted by Gasteiger charge is -2.21. The minimum Gasteiger partial charge on any atom is -0.497 e. The molecule has 0 fully saturated rings. The molecule has 2 rings (SSSR count). The summed E-state index contributed by atoms with van der Waals surface area (Å²) in [4.78, 5) is 23.6. The van der Waals surface area contributed by atoms with Crippen LogP contribution in [0.1, 0.15) is 32.8 Å². The molecule has 1 heterocycles. The third-order valence-electron chi connectivity index (χ3n) is 3.79. The quantitative estimate of drug-likeness (QED) is 0.748. The summed E-state index contributed by atoms with van der Waals surface area (Å²) in [7, 11) is 1.56. The van der Waals surface area contributed by atoms with E-state index in [1.165, 1.54) is 6.26 Å². The van der Waals surface area contributed by atoms with Gasteiger partial charge >= 0.3 is 5.97 Å². The van der Waals surface area contributed by atoms with E-state index in [9.17, 15) is 14.7 Å². The maximum Gasteiger partial charge on any atom is 0.326 e. The minimum absolute atomic E-state index is 0.0310. The van der Waals surface area contributed by atoms with Gasteiger partial charge in [0.1, 0.15) is 17.4 Å². The minimum atomic E-state index is -1.09. The predicted octanol–water partition coefficient (Wildman–Crippen LogP) is 2.76. The summed E-state index contributed by atoms with van der Waals surface area (Å²) < 4.78 is 16.1. The summed E-state index contributed by atoms with van der Waals surface area (Å²) in [6, 6.07) is 4.33. The molecule has 1 unspecified atom stereocenters. The number of ether oxygens (including phenoxy) is 2. The molecular formula is C19H25NO6. The van der Waals surface area contributed by atoms with E-state index < -0.39 is 12.0 Å². The molecule has 2 aromatic rings. The van der Waals surface area contributed by atoms with Gasteiger partial charge in [-0.05, 0) is 32.9 Å². The number of furan rings is 1. The third-order valence-corrected chi connectivity index (χ3v) is 3.79. The maximum absolute atomic E-state index is 12.3. The molecule has 26 heavy (non-hydrogen) atoms. The first kappa shape index (κ1) is 19.8. The van der Waals surface area contributed by atoms with Gasteiger partial charge < -0.3 is 24.3 Å². The Hall–Kier alpha value is -2.54. The standard InChI is InChI=1S/C19H25NO6/c1-19(2,3)26-8-7-15(18(22)23)20-17(21)9-12-11-25-16-10-13(24-4)5-6-14(12)16/h5-6,10-11,15H,7-9H2,1-4H3,(H,20,21)(H,22,23). The fourth-order valence-electron chi connectivity index (χ4n) is 2.49. The number of carboxylic acid groups (broad SMARTS) is 1. The van der Waals surface area contributed by atoms with Gasteiger partial charge in [0.25, 0.3) is 0 Å². The molecule has 0 aliphatic rings. The van der Waals surface area contributed by atoms with Crippen LogP contribution >= 0.6 is 0 Å². The Morgan fingerprint density at radius 2 is 2.04 bits per heavy atom. The predicted molar refractivity (Wildman–Crippen MR) is 96.4 cm³/mol. The summed E-state index contributed by atoms with van der Waals surface area (Å²) >= 11 is 0. The monoisotopic (exact) mass is 363 g/mol. The largest absolute Gasteiger partial charge is 0.497 e. The topological polar surface area (TPSA) is 98.0 Å². The van der Waals surface area contributed by atoms with E-state index in [1.54, 1.807) is 19.2 Å². The maximum atomic E-state index is 12.3. The second-order valence-corrected chi connectivity index (χ2v) is 7.01. The Morgan fingerprint density at radius 3 is 2.65 bits per heavy atom. The number of amides is 1. The zero-order chi connectivity index (χ0) is 19.3. The highest BCUT2D eigenvalue weighted by Gasteiger charge is 2.22. The normalized spacial score (nSPS) is 12.8. The average Bonchev–Trinajstić information content (AvgIpc) is 2.94. The van der Waals surface area contributed by atoms with Crippen LogP contribution in [0, 0.1) is 0 Å². The molecule has 0 saturated heterocycles. The van der Waals surface area contributed by atoms with Crippen LogP contribution < -0.4 is 10.1 Å². The van der Waals surface area contributed by atoms with Crippen molar-refractivity contribution in [2.24, 2.45) is 0 Å². The van der Waals surface area contributed by atoms with Crippen LogP contribution in [-0.4, -0.2) is 42.3 Å². The molecule has 1 atom stereocenters. The van der Waals surface area contributed by atoms with Gasteiger partial charge in [-0.2, -0.15) is 0 Å². The molecule has 7 nitrogen and oxygen atoms in total. The molecule has 0 aliphatic carbocycles. The van der Waals surface area contributed by atoms with Crippen molar-refractivity contribution in [3.05, 3.63) is 30.0 Å². The number of fused-ring (bicyclic) bond motifs is 1. The second-order valence-electron chi connectivity index (χ2n) is 7.01. The van der Waals surface area contributed by atoms with Crippen molar-refractivity contribution < 1.29 is 28.6 Å². The van der Waals surface area contributed by atoms with Crippen molar-refractivity contribution in [2.45, 2.75) is 45.3 Å². The molecule has 142 valence electrons. The van der Waals surface area contributed by atoms with Gasteiger partial charge in [-0.3, -0.25) is 4.79 Å². The number of benzene rings is 1. The van der Waals surface area contributed by atoms with Crippen LogP contribution in [0.4, 0.5) is 0 Å². The highest BCUT2D eigenvalue weighted by atomic mass is 16.5. The Kier molecular flexibility index (Phi) is 6.26. The van der Waals surface area contributed by atoms with E-state index >= 15 is 0 Å². The Bertz CT molecular complexity index is 774. The molecule has 7 heteroatoms. The van der Waals surface area contributed by atoms with Crippen molar-refractivity contribution >= 4 is 22.8 Å². The highest BCUT2D eigenvalue weighted by Crippen LogP contribution is 2.25. The van der Waals surface area contributed by atoms with E-state index in [4.69, 9.17) is 13.9 Å². The number of methoxy groups -OCH3 is 1. The molecule has 0 saturated carbocycles. The number of rotatable bonds is 8. The molecule has 0 aliphatic heterocycles. The van der Waals surface area contributed by atoms with Crippen LogP contribution in [0.2, 0.25) is 0 Å². The van der Waals surface area contributed by atoms with E-state index in [2.05, 4.69) is 5.32 Å². The van der Waals surface area contributed by atoms with Crippen LogP contribution in [0.5, 0.6) is 5.75 Å². The van der Waals surface area contributed by atoms with Gasteiger partial charge in [0.15, 0.2) is 0 Å². The van der Waals surface area contributed by atoms with E-state index in [0.717, 1.165) is 5.39 Å². The van der Waals surface area contributed by atoms with Crippen LogP contribution in [0.3, 0.4) is 0 Å². The second kappa shape index (κ2) is 8.23. The highest BCUT2D eigenvalue weighted by molar-refractivity contribution is 5.90. The van der Waals surface area contributed by atoms with Crippen molar-refractivity contribution in [1.29, 1.82) is 0 Å². The summed E-state index contributed by atoms with van der Waals surface area (Å²) in [5.74, 6) is -0.808. The first-order valence-corrected chi connectivity index (χ1v) is 8.40. The molecule has 2 N–H and O–H groups in total. The smallest absolute Gasteiger partial charge is 0.326 e. The number of carbonyl (C=O) groups is 2. The molecule has 1 aromatic carbocycles. The summed E-state index contributed by atoms with van der Waals surface area (Å²) in [5, 5.41) is 12.6. The van der Waals surface area contributed by atoms with Crippen molar-refractivity contribution in [1.82, 2.24) is 5.32 Å². The summed E-state index contributed by atoms with van der Waals surface area (Å²) in [6.07, 6.45) is 1.73. The van der Waals surface area contributed by atoms with Crippen LogP contribution in [-0.2, 0) is 20.7 Å².